The van der Waals surface area contributed by atoms with Crippen LogP contribution in [0.5, 0.6) is 0 Å². The highest BCUT2D eigenvalue weighted by Gasteiger charge is 2.75. The first-order chi connectivity index (χ1) is 13.1. The van der Waals surface area contributed by atoms with Crippen molar-refractivity contribution in [3.63, 3.8) is 0 Å². The Labute approximate surface area is 169 Å². The monoisotopic (exact) mass is 530 g/mol. The topological polar surface area (TPSA) is 336 Å². The minimum Gasteiger partial charge on any atom is -0.479 e. The van der Waals surface area contributed by atoms with E-state index >= 15 is 0 Å². The number of rotatable bonds is 10. The fourth-order valence-corrected chi connectivity index (χ4v) is 8.67. The molecule has 0 spiro atoms. The summed E-state index contributed by atoms with van der Waals surface area (Å²) in [6.07, 6.45) is 0. The maximum absolute atomic E-state index is 11.0. The molecule has 0 aromatic rings. The molecule has 0 aromatic heterocycles. The van der Waals surface area contributed by atoms with Crippen molar-refractivity contribution in [2.24, 2.45) is 5.41 Å². The number of aliphatic carboxylic acids is 1. The zero-order valence-electron chi connectivity index (χ0n) is 14.2. The van der Waals surface area contributed by atoms with E-state index in [0.717, 1.165) is 0 Å². The third-order valence-electron chi connectivity index (χ3n) is 3.26. The Balaban J connectivity index is 0. The maximum Gasteiger partial charge on any atom is 0.352 e. The van der Waals surface area contributed by atoms with Gasteiger partial charge in [0.15, 0.2) is 0 Å². The molecule has 0 bridgehead atoms. The van der Waals surface area contributed by atoms with E-state index in [9.17, 15) is 38.5 Å². The molecule has 0 fully saturated rings. The first-order valence-electron chi connectivity index (χ1n) is 6.59. The molecule has 0 heterocycles. The fourth-order valence-electron chi connectivity index (χ4n) is 1.54. The van der Waals surface area contributed by atoms with Crippen molar-refractivity contribution in [3.05, 3.63) is 0 Å². The summed E-state index contributed by atoms with van der Waals surface area (Å²) in [5.74, 6) is -3.42. The Kier molecular flexibility index (Phi) is 10.4. The van der Waals surface area contributed by atoms with Gasteiger partial charge >= 0.3 is 30.3 Å². The smallest absolute Gasteiger partial charge is 0.352 e. The van der Waals surface area contributed by atoms with E-state index in [1.807, 2.05) is 0 Å². The molecule has 0 amide bonds. The summed E-state index contributed by atoms with van der Waals surface area (Å²) in [7, 11) is -26.5. The van der Waals surface area contributed by atoms with E-state index in [4.69, 9.17) is 43.7 Å². The summed E-state index contributed by atoms with van der Waals surface area (Å²) in [6, 6.07) is 0. The van der Waals surface area contributed by atoms with Crippen LogP contribution in [0.2, 0.25) is 0 Å². The molecule has 0 rings (SSSR count). The first kappa shape index (κ1) is 31.1. The number of hydrogen-bond donors (Lipinski definition) is 9. The normalized spacial score (nSPS) is 14.2. The van der Waals surface area contributed by atoms with Crippen molar-refractivity contribution in [3.8, 4) is 0 Å². The van der Waals surface area contributed by atoms with Crippen LogP contribution >= 0.6 is 0 Å². The van der Waals surface area contributed by atoms with Crippen LogP contribution in [0.25, 0.3) is 0 Å². The zero-order valence-corrected chi connectivity index (χ0v) is 17.5. The number of carboxylic acid groups (broad SMARTS) is 1. The summed E-state index contributed by atoms with van der Waals surface area (Å²) in [6.45, 7) is -1.62. The van der Waals surface area contributed by atoms with Gasteiger partial charge in [0.1, 0.15) is 0 Å². The SMILES string of the molecule is O=C(O)C(C(S(=O)(=O)O)S(=O)(=O)O)(S(=O)(=O)O)S(=O)(=O)O.OCC(CO)(CO)CO. The Hall–Kier alpha value is -1.05. The molecule has 18 nitrogen and oxygen atoms in total. The van der Waals surface area contributed by atoms with Gasteiger partial charge in [-0.1, -0.05) is 0 Å². The summed E-state index contributed by atoms with van der Waals surface area (Å²) < 4.78 is 111. The van der Waals surface area contributed by atoms with Crippen molar-refractivity contribution in [2.45, 2.75) is 8.66 Å². The fraction of sp³-hybridized carbons (Fsp3) is 0.875. The molecular formula is C8H18O18S4. The lowest BCUT2D eigenvalue weighted by Gasteiger charge is -2.26. The predicted octanol–water partition coefficient (Wildman–Crippen LogP) is -5.41. The molecule has 0 saturated heterocycles. The maximum atomic E-state index is 11.0. The summed E-state index contributed by atoms with van der Waals surface area (Å²) in [4.78, 5) is 10.8. The average molecular weight is 530 g/mol. The van der Waals surface area contributed by atoms with Crippen LogP contribution in [-0.2, 0) is 45.3 Å². The molecule has 182 valence electrons. The largest absolute Gasteiger partial charge is 0.479 e. The lowest BCUT2D eigenvalue weighted by Crippen LogP contribution is -2.65. The van der Waals surface area contributed by atoms with Gasteiger partial charge in [0.2, 0.25) is 0 Å². The molecule has 30 heavy (non-hydrogen) atoms. The van der Waals surface area contributed by atoms with Crippen LogP contribution in [-0.4, -0.2) is 118 Å². The van der Waals surface area contributed by atoms with Crippen molar-refractivity contribution in [2.75, 3.05) is 26.4 Å². The van der Waals surface area contributed by atoms with Crippen LogP contribution in [0.1, 0.15) is 0 Å². The summed E-state index contributed by atoms with van der Waals surface area (Å²) in [5, 5.41) is 42.5. The lowest BCUT2D eigenvalue weighted by atomic mass is 9.93. The van der Waals surface area contributed by atoms with Gasteiger partial charge in [-0.25, -0.2) is 4.79 Å². The van der Waals surface area contributed by atoms with Crippen LogP contribution in [0, 0.1) is 5.41 Å². The van der Waals surface area contributed by atoms with Crippen LogP contribution < -0.4 is 0 Å². The van der Waals surface area contributed by atoms with Gasteiger partial charge in [-0.15, -0.1) is 0 Å². The van der Waals surface area contributed by atoms with E-state index in [0.29, 0.717) is 0 Å². The number of carbonyl (C=O) groups is 1. The Morgan fingerprint density at radius 1 is 0.633 bits per heavy atom. The summed E-state index contributed by atoms with van der Waals surface area (Å²) >= 11 is 0. The number of carboxylic acids is 1. The van der Waals surface area contributed by atoms with Gasteiger partial charge in [-0.3, -0.25) is 18.2 Å². The number of aliphatic hydroxyl groups is 4. The van der Waals surface area contributed by atoms with Crippen LogP contribution in [0.3, 0.4) is 0 Å². The Morgan fingerprint density at radius 3 is 0.900 bits per heavy atom. The van der Waals surface area contributed by atoms with E-state index < -0.39 is 86.9 Å². The number of aliphatic hydroxyl groups excluding tert-OH is 4. The van der Waals surface area contributed by atoms with Crippen LogP contribution in [0.15, 0.2) is 0 Å². The first-order valence-corrected chi connectivity index (χ1v) is 12.5. The van der Waals surface area contributed by atoms with Crippen molar-refractivity contribution < 1.29 is 82.2 Å². The Morgan fingerprint density at radius 2 is 0.867 bits per heavy atom. The molecule has 0 unspecified atom stereocenters. The van der Waals surface area contributed by atoms with Crippen molar-refractivity contribution in [1.29, 1.82) is 0 Å². The lowest BCUT2D eigenvalue weighted by molar-refractivity contribution is -0.137. The minimum absolute atomic E-state index is 0.406. The second-order valence-electron chi connectivity index (χ2n) is 5.42. The highest BCUT2D eigenvalue weighted by Crippen LogP contribution is 2.35. The highest BCUT2D eigenvalue weighted by atomic mass is 32.3. The predicted molar refractivity (Wildman–Crippen MR) is 91.1 cm³/mol. The highest BCUT2D eigenvalue weighted by molar-refractivity contribution is 8.12. The van der Waals surface area contributed by atoms with Gasteiger partial charge in [-0.2, -0.15) is 33.7 Å². The molecule has 0 aliphatic carbocycles. The molecule has 0 atom stereocenters. The second-order valence-corrected chi connectivity index (χ2v) is 12.2. The zero-order chi connectivity index (χ0) is 25.0. The van der Waals surface area contributed by atoms with E-state index in [2.05, 4.69) is 0 Å². The van der Waals surface area contributed by atoms with E-state index in [-0.39, 0.29) is 0 Å². The summed E-state index contributed by atoms with van der Waals surface area (Å²) in [5.41, 5.74) is -1.11. The molecule has 22 heteroatoms. The van der Waals surface area contributed by atoms with Gasteiger partial charge in [0, 0.05) is 0 Å². The third kappa shape index (κ3) is 6.47. The van der Waals surface area contributed by atoms with Gasteiger partial charge in [0.05, 0.1) is 31.8 Å². The van der Waals surface area contributed by atoms with Crippen molar-refractivity contribution >= 4 is 46.4 Å². The van der Waals surface area contributed by atoms with E-state index in [1.165, 1.54) is 0 Å². The van der Waals surface area contributed by atoms with E-state index in [1.54, 1.807) is 0 Å². The standard InChI is InChI=1S/C5H12O4.C3H6O14S4/c6-1-5(2-7,3-8)4-9;4-1(5)3(20(12,13)14,21(15,16)17)2(18(6,7)8)19(9,10)11/h6-9H,1-4H2;2H,(H,4,5)(H,6,7,8)(H,9,10,11)(H,12,13,14)(H,15,16,17). The van der Waals surface area contributed by atoms with Crippen LogP contribution in [0.4, 0.5) is 0 Å². The van der Waals surface area contributed by atoms with Gasteiger partial charge in [0.25, 0.3) is 24.8 Å². The molecule has 0 aromatic carbocycles. The molecule has 9 N–H and O–H groups in total. The van der Waals surface area contributed by atoms with Gasteiger partial charge < -0.3 is 25.5 Å². The number of hydrogen-bond acceptors (Lipinski definition) is 13. The molecular weight excluding hydrogens is 512 g/mol. The van der Waals surface area contributed by atoms with Gasteiger partial charge in [-0.05, 0) is 0 Å². The van der Waals surface area contributed by atoms with Crippen molar-refractivity contribution in [1.82, 2.24) is 0 Å². The quantitative estimate of drug-likeness (QED) is 0.119. The second kappa shape index (κ2) is 10.0. The minimum atomic E-state index is -6.76. The Bertz CT molecular complexity index is 932. The molecule has 0 aliphatic rings. The molecule has 0 aliphatic heterocycles. The molecule has 0 radical (unpaired) electrons. The average Bonchev–Trinajstić information content (AvgIpc) is 2.50. The third-order valence-corrected chi connectivity index (χ3v) is 10.7. The molecule has 0 saturated carbocycles.